The van der Waals surface area contributed by atoms with E-state index in [1.54, 1.807) is 71.9 Å². The van der Waals surface area contributed by atoms with Crippen molar-refractivity contribution in [1.82, 2.24) is 24.7 Å². The van der Waals surface area contributed by atoms with Gasteiger partial charge in [0.1, 0.15) is 23.3 Å². The van der Waals surface area contributed by atoms with Gasteiger partial charge in [0.15, 0.2) is 0 Å². The van der Waals surface area contributed by atoms with Crippen LogP contribution in [-0.4, -0.2) is 120 Å². The maximum Gasteiger partial charge on any atom is 0.410 e. The molecule has 0 unspecified atom stereocenters. The molecule has 46 heavy (non-hydrogen) atoms. The minimum absolute atomic E-state index is 0.124. The van der Waals surface area contributed by atoms with Crippen LogP contribution in [0.4, 0.5) is 9.59 Å². The third-order valence-electron chi connectivity index (χ3n) is 7.07. The lowest BCUT2D eigenvalue weighted by Gasteiger charge is -2.36. The van der Waals surface area contributed by atoms with E-state index in [2.05, 4.69) is 10.0 Å². The molecule has 15 nitrogen and oxygen atoms in total. The van der Waals surface area contributed by atoms with Gasteiger partial charge in [0.05, 0.1) is 18.2 Å². The van der Waals surface area contributed by atoms with E-state index in [-0.39, 0.29) is 39.1 Å². The molecule has 0 aliphatic carbocycles. The number of amides is 4. The van der Waals surface area contributed by atoms with E-state index in [9.17, 15) is 37.5 Å². The molecule has 3 atom stereocenters. The van der Waals surface area contributed by atoms with Gasteiger partial charge in [-0.25, -0.2) is 27.5 Å². The standard InChI is InChI=1S/C30H45N5O10S/c1-29(2,3)44-27(40)31-21-16-23(26(38)39)35(18-21)25(37)22(32-46(42,43)19-20-10-8-7-9-11-20)17-24(36)33-12-14-34(15-13-33)28(41)45-30(4,5)6/h7-11,21-23,32H,12-19H2,1-6H3,(H,31,40)(H,38,39)/t21-,22+,23-/m0/s1. The van der Waals surface area contributed by atoms with Crippen molar-refractivity contribution in [1.29, 1.82) is 0 Å². The summed E-state index contributed by atoms with van der Waals surface area (Å²) in [5, 5.41) is 12.5. The average Bonchev–Trinajstić information content (AvgIpc) is 3.34. The van der Waals surface area contributed by atoms with Crippen LogP contribution in [0.2, 0.25) is 0 Å². The number of carbonyl (C=O) groups excluding carboxylic acids is 4. The third kappa shape index (κ3) is 11.2. The van der Waals surface area contributed by atoms with Gasteiger partial charge in [-0.05, 0) is 47.1 Å². The van der Waals surface area contributed by atoms with Crippen molar-refractivity contribution in [3.8, 4) is 0 Å². The van der Waals surface area contributed by atoms with Crippen LogP contribution < -0.4 is 10.0 Å². The Morgan fingerprint density at radius 1 is 0.913 bits per heavy atom. The number of likely N-dealkylation sites (tertiary alicyclic amines) is 1. The highest BCUT2D eigenvalue weighted by Crippen LogP contribution is 2.22. The van der Waals surface area contributed by atoms with E-state index >= 15 is 0 Å². The summed E-state index contributed by atoms with van der Waals surface area (Å²) in [7, 11) is -4.19. The molecule has 256 valence electrons. The maximum absolute atomic E-state index is 13.9. The number of nitrogens with one attached hydrogen (secondary N) is 2. The molecule has 4 amide bonds. The SMILES string of the molecule is CC(C)(C)OC(=O)N[C@H]1C[C@@H](C(=O)O)N(C(=O)[C@@H](CC(=O)N2CCN(C(=O)OC(C)(C)C)CC2)NS(=O)(=O)Cc2ccccc2)C1. The van der Waals surface area contributed by atoms with E-state index in [1.807, 2.05) is 0 Å². The molecule has 2 heterocycles. The smallest absolute Gasteiger partial charge is 0.410 e. The van der Waals surface area contributed by atoms with E-state index in [0.29, 0.717) is 5.56 Å². The summed E-state index contributed by atoms with van der Waals surface area (Å²) in [5.41, 5.74) is -1.07. The molecule has 0 spiro atoms. The Bertz CT molecular complexity index is 1380. The van der Waals surface area contributed by atoms with Gasteiger partial charge >= 0.3 is 18.2 Å². The number of carboxylic acid groups (broad SMARTS) is 1. The predicted molar refractivity (Wildman–Crippen MR) is 166 cm³/mol. The number of sulfonamides is 1. The Hall–Kier alpha value is -3.92. The Balaban J connectivity index is 1.78. The first-order valence-corrected chi connectivity index (χ1v) is 16.7. The molecular formula is C30H45N5O10S. The zero-order valence-corrected chi connectivity index (χ0v) is 28.0. The minimum atomic E-state index is -4.19. The highest BCUT2D eigenvalue weighted by atomic mass is 32.2. The van der Waals surface area contributed by atoms with Crippen molar-refractivity contribution >= 4 is 40.0 Å². The fourth-order valence-electron chi connectivity index (χ4n) is 5.09. The van der Waals surface area contributed by atoms with Crippen molar-refractivity contribution in [3.05, 3.63) is 35.9 Å². The third-order valence-corrected chi connectivity index (χ3v) is 8.43. The number of rotatable bonds is 9. The highest BCUT2D eigenvalue weighted by Gasteiger charge is 2.44. The van der Waals surface area contributed by atoms with E-state index in [0.717, 1.165) is 4.90 Å². The molecule has 3 N–H and O–H groups in total. The van der Waals surface area contributed by atoms with Crippen LogP contribution in [0.25, 0.3) is 0 Å². The summed E-state index contributed by atoms with van der Waals surface area (Å²) in [6, 6.07) is 4.42. The van der Waals surface area contributed by atoms with Crippen molar-refractivity contribution in [2.24, 2.45) is 0 Å². The van der Waals surface area contributed by atoms with Gasteiger partial charge in [0.25, 0.3) is 0 Å². The zero-order valence-electron chi connectivity index (χ0n) is 27.1. The maximum atomic E-state index is 13.9. The van der Waals surface area contributed by atoms with Gasteiger partial charge in [0, 0.05) is 39.1 Å². The topological polar surface area (TPSA) is 192 Å². The first-order valence-electron chi connectivity index (χ1n) is 15.1. The largest absolute Gasteiger partial charge is 0.480 e. The number of hydrogen-bond donors (Lipinski definition) is 3. The summed E-state index contributed by atoms with van der Waals surface area (Å²) in [4.78, 5) is 68.1. The molecule has 16 heteroatoms. The number of alkyl carbamates (subject to hydrolysis) is 1. The Morgan fingerprint density at radius 2 is 1.48 bits per heavy atom. The minimum Gasteiger partial charge on any atom is -0.480 e. The summed E-state index contributed by atoms with van der Waals surface area (Å²) in [6.07, 6.45) is -2.06. The molecule has 2 aliphatic heterocycles. The Morgan fingerprint density at radius 3 is 2.02 bits per heavy atom. The predicted octanol–water partition coefficient (Wildman–Crippen LogP) is 1.52. The molecule has 0 saturated carbocycles. The summed E-state index contributed by atoms with van der Waals surface area (Å²) in [5.74, 6) is -3.30. The lowest BCUT2D eigenvalue weighted by atomic mass is 10.1. The molecule has 2 aliphatic rings. The number of piperazine rings is 1. The van der Waals surface area contributed by atoms with Crippen LogP contribution in [0.5, 0.6) is 0 Å². The summed E-state index contributed by atoms with van der Waals surface area (Å²) in [6.45, 7) is 10.6. The Labute approximate surface area is 269 Å². The molecule has 0 bridgehead atoms. The van der Waals surface area contributed by atoms with E-state index in [1.165, 1.54) is 9.80 Å². The summed E-state index contributed by atoms with van der Waals surface area (Å²) < 4.78 is 39.4. The first-order chi connectivity index (χ1) is 21.2. The molecule has 1 aromatic carbocycles. The normalized spacial score (nSPS) is 19.7. The van der Waals surface area contributed by atoms with E-state index < -0.39 is 81.5 Å². The monoisotopic (exact) mass is 667 g/mol. The number of carboxylic acids is 1. The van der Waals surface area contributed by atoms with Gasteiger partial charge in [0.2, 0.25) is 21.8 Å². The quantitative estimate of drug-likeness (QED) is 0.348. The van der Waals surface area contributed by atoms with Crippen molar-refractivity contribution < 1.29 is 47.0 Å². The van der Waals surface area contributed by atoms with Crippen molar-refractivity contribution in [2.75, 3.05) is 32.7 Å². The highest BCUT2D eigenvalue weighted by molar-refractivity contribution is 7.88. The number of ether oxygens (including phenoxy) is 2. The van der Waals surface area contributed by atoms with Crippen molar-refractivity contribution in [3.63, 3.8) is 0 Å². The van der Waals surface area contributed by atoms with Gasteiger partial charge in [-0.15, -0.1) is 0 Å². The second kappa shape index (κ2) is 14.7. The lowest BCUT2D eigenvalue weighted by molar-refractivity contribution is -0.149. The lowest BCUT2D eigenvalue weighted by Crippen LogP contribution is -2.56. The summed E-state index contributed by atoms with van der Waals surface area (Å²) >= 11 is 0. The number of carbonyl (C=O) groups is 5. The zero-order chi connectivity index (χ0) is 34.4. The molecule has 2 fully saturated rings. The second-order valence-corrected chi connectivity index (χ2v) is 15.1. The number of aliphatic carboxylic acids is 1. The van der Waals surface area contributed by atoms with E-state index in [4.69, 9.17) is 9.47 Å². The Kier molecular flexibility index (Phi) is 11.7. The number of hydrogen-bond acceptors (Lipinski definition) is 9. The van der Waals surface area contributed by atoms with Crippen LogP contribution in [-0.2, 0) is 39.6 Å². The van der Waals surface area contributed by atoms with Crippen LogP contribution in [0.1, 0.15) is 59.9 Å². The molecule has 0 aromatic heterocycles. The number of benzene rings is 1. The fraction of sp³-hybridized carbons (Fsp3) is 0.633. The van der Waals surface area contributed by atoms with Gasteiger partial charge in [-0.1, -0.05) is 30.3 Å². The van der Waals surface area contributed by atoms with Gasteiger partial charge < -0.3 is 34.6 Å². The average molecular weight is 668 g/mol. The van der Waals surface area contributed by atoms with Crippen molar-refractivity contribution in [2.45, 2.75) is 89.5 Å². The molecule has 1 aromatic rings. The molecule has 2 saturated heterocycles. The molecular weight excluding hydrogens is 622 g/mol. The fourth-order valence-corrected chi connectivity index (χ4v) is 6.42. The van der Waals surface area contributed by atoms with Gasteiger partial charge in [-0.2, -0.15) is 0 Å². The molecule has 0 radical (unpaired) electrons. The van der Waals surface area contributed by atoms with Gasteiger partial charge in [-0.3, -0.25) is 9.59 Å². The van der Waals surface area contributed by atoms with Crippen LogP contribution in [0.3, 0.4) is 0 Å². The van der Waals surface area contributed by atoms with Crippen LogP contribution in [0.15, 0.2) is 30.3 Å². The van der Waals surface area contributed by atoms with Crippen LogP contribution >= 0.6 is 0 Å². The molecule has 3 rings (SSSR count). The van der Waals surface area contributed by atoms with Crippen LogP contribution in [0, 0.1) is 0 Å². The first kappa shape index (κ1) is 36.5. The number of nitrogens with zero attached hydrogens (tertiary/aromatic N) is 3. The second-order valence-electron chi connectivity index (χ2n) is 13.4.